The van der Waals surface area contributed by atoms with E-state index in [9.17, 15) is 0 Å². The van der Waals surface area contributed by atoms with Crippen molar-refractivity contribution in [1.29, 1.82) is 0 Å². The van der Waals surface area contributed by atoms with Gasteiger partial charge in [0.2, 0.25) is 0 Å². The van der Waals surface area contributed by atoms with Gasteiger partial charge in [0.15, 0.2) is 0 Å². The lowest BCUT2D eigenvalue weighted by atomic mass is 9.93. The average molecular weight is 177 g/mol. The number of rotatable bonds is 1. The Morgan fingerprint density at radius 3 is 2.54 bits per heavy atom. The van der Waals surface area contributed by atoms with Crippen LogP contribution in [0.15, 0.2) is 30.3 Å². The van der Waals surface area contributed by atoms with Crippen LogP contribution < -0.4 is 5.32 Å². The maximum absolute atomic E-state index is 5.60. The number of hydrogen-bond acceptors (Lipinski definition) is 2. The molecule has 1 aromatic carbocycles. The maximum Gasteiger partial charge on any atom is 0.0979 e. The SMILES string of the molecule is CC1(C)OCN[C@H]1c1ccccc1. The summed E-state index contributed by atoms with van der Waals surface area (Å²) in [6.45, 7) is 4.88. The molecule has 1 aromatic rings. The van der Waals surface area contributed by atoms with Crippen molar-refractivity contribution < 1.29 is 4.74 Å². The van der Waals surface area contributed by atoms with E-state index < -0.39 is 0 Å². The molecule has 1 atom stereocenters. The molecule has 1 N–H and O–H groups in total. The van der Waals surface area contributed by atoms with Gasteiger partial charge in [-0.2, -0.15) is 0 Å². The third kappa shape index (κ3) is 1.60. The van der Waals surface area contributed by atoms with Crippen molar-refractivity contribution in [2.45, 2.75) is 25.5 Å². The lowest BCUT2D eigenvalue weighted by Crippen LogP contribution is -2.29. The van der Waals surface area contributed by atoms with Crippen LogP contribution in [-0.4, -0.2) is 12.3 Å². The number of benzene rings is 1. The second kappa shape index (κ2) is 3.13. The van der Waals surface area contributed by atoms with Crippen molar-refractivity contribution >= 4 is 0 Å². The van der Waals surface area contributed by atoms with E-state index in [-0.39, 0.29) is 5.60 Å². The summed E-state index contributed by atoms with van der Waals surface area (Å²) < 4.78 is 5.60. The normalized spacial score (nSPS) is 26.2. The molecule has 0 radical (unpaired) electrons. The zero-order valence-corrected chi connectivity index (χ0v) is 8.08. The molecule has 13 heavy (non-hydrogen) atoms. The Morgan fingerprint density at radius 2 is 2.00 bits per heavy atom. The summed E-state index contributed by atoms with van der Waals surface area (Å²) >= 11 is 0. The van der Waals surface area contributed by atoms with Gasteiger partial charge in [0.05, 0.1) is 18.4 Å². The molecule has 2 rings (SSSR count). The van der Waals surface area contributed by atoms with E-state index in [4.69, 9.17) is 4.74 Å². The topological polar surface area (TPSA) is 21.3 Å². The van der Waals surface area contributed by atoms with Gasteiger partial charge in [-0.3, -0.25) is 5.32 Å². The standard InChI is InChI=1S/C11H15NO/c1-11(2)10(12-8-13-11)9-6-4-3-5-7-9/h3-7,10,12H,8H2,1-2H3/t10-/m0/s1. The Labute approximate surface area is 78.9 Å². The van der Waals surface area contributed by atoms with Crippen molar-refractivity contribution in [2.24, 2.45) is 0 Å². The molecule has 1 aliphatic heterocycles. The highest BCUT2D eigenvalue weighted by atomic mass is 16.5. The van der Waals surface area contributed by atoms with Gasteiger partial charge in [-0.25, -0.2) is 0 Å². The summed E-state index contributed by atoms with van der Waals surface area (Å²) in [5, 5.41) is 3.34. The first kappa shape index (κ1) is 8.73. The highest BCUT2D eigenvalue weighted by Crippen LogP contribution is 2.32. The Morgan fingerprint density at radius 1 is 1.31 bits per heavy atom. The maximum atomic E-state index is 5.60. The number of ether oxygens (including phenoxy) is 1. The summed E-state index contributed by atoms with van der Waals surface area (Å²) in [5.74, 6) is 0. The van der Waals surface area contributed by atoms with Crippen molar-refractivity contribution in [3.8, 4) is 0 Å². The van der Waals surface area contributed by atoms with E-state index in [1.54, 1.807) is 0 Å². The van der Waals surface area contributed by atoms with Crippen molar-refractivity contribution in [1.82, 2.24) is 5.32 Å². The van der Waals surface area contributed by atoms with Gasteiger partial charge in [0.1, 0.15) is 0 Å². The molecule has 0 aliphatic carbocycles. The minimum absolute atomic E-state index is 0.0959. The van der Waals surface area contributed by atoms with Crippen LogP contribution in [-0.2, 0) is 4.74 Å². The summed E-state index contributed by atoms with van der Waals surface area (Å²) in [4.78, 5) is 0. The Hall–Kier alpha value is -0.860. The van der Waals surface area contributed by atoms with Gasteiger partial charge in [-0.05, 0) is 19.4 Å². The average Bonchev–Trinajstić information content (AvgIpc) is 2.47. The second-order valence-corrected chi connectivity index (χ2v) is 3.94. The summed E-state index contributed by atoms with van der Waals surface area (Å²) in [7, 11) is 0. The monoisotopic (exact) mass is 177 g/mol. The number of hydrogen-bond donors (Lipinski definition) is 1. The van der Waals surface area contributed by atoms with Gasteiger partial charge in [0, 0.05) is 0 Å². The third-order valence-electron chi connectivity index (χ3n) is 2.56. The Bertz CT molecular complexity index is 281. The minimum Gasteiger partial charge on any atom is -0.358 e. The van der Waals surface area contributed by atoms with Crippen LogP contribution in [0.3, 0.4) is 0 Å². The lowest BCUT2D eigenvalue weighted by molar-refractivity contribution is 0.0268. The van der Waals surface area contributed by atoms with Gasteiger partial charge < -0.3 is 4.74 Å². The van der Waals surface area contributed by atoms with E-state index in [1.165, 1.54) is 5.56 Å². The van der Waals surface area contributed by atoms with Crippen LogP contribution in [0.1, 0.15) is 25.5 Å². The first-order valence-corrected chi connectivity index (χ1v) is 4.62. The molecule has 0 amide bonds. The molecule has 0 saturated carbocycles. The zero-order valence-electron chi connectivity index (χ0n) is 8.08. The molecular weight excluding hydrogens is 162 g/mol. The van der Waals surface area contributed by atoms with Gasteiger partial charge >= 0.3 is 0 Å². The summed E-state index contributed by atoms with van der Waals surface area (Å²) in [6, 6.07) is 10.7. The summed E-state index contributed by atoms with van der Waals surface area (Å²) in [5.41, 5.74) is 1.20. The molecule has 2 heteroatoms. The second-order valence-electron chi connectivity index (χ2n) is 3.94. The predicted octanol–water partition coefficient (Wildman–Crippen LogP) is 2.08. The third-order valence-corrected chi connectivity index (χ3v) is 2.56. The van der Waals surface area contributed by atoms with Gasteiger partial charge in [-0.15, -0.1) is 0 Å². The summed E-state index contributed by atoms with van der Waals surface area (Å²) in [6.07, 6.45) is 0. The van der Waals surface area contributed by atoms with Crippen LogP contribution in [0.5, 0.6) is 0 Å². The molecule has 2 nitrogen and oxygen atoms in total. The van der Waals surface area contributed by atoms with Crippen molar-refractivity contribution in [3.63, 3.8) is 0 Å². The highest BCUT2D eigenvalue weighted by molar-refractivity contribution is 5.22. The van der Waals surface area contributed by atoms with E-state index in [0.717, 1.165) is 0 Å². The Balaban J connectivity index is 2.27. The molecule has 70 valence electrons. The van der Waals surface area contributed by atoms with E-state index in [0.29, 0.717) is 12.8 Å². The fraction of sp³-hybridized carbons (Fsp3) is 0.455. The van der Waals surface area contributed by atoms with Crippen LogP contribution in [0.25, 0.3) is 0 Å². The van der Waals surface area contributed by atoms with Crippen LogP contribution in [0, 0.1) is 0 Å². The molecule has 1 saturated heterocycles. The van der Waals surface area contributed by atoms with Crippen LogP contribution in [0.4, 0.5) is 0 Å². The van der Waals surface area contributed by atoms with Crippen molar-refractivity contribution in [3.05, 3.63) is 35.9 Å². The molecule has 0 spiro atoms. The molecule has 0 unspecified atom stereocenters. The predicted molar refractivity (Wildman–Crippen MR) is 52.3 cm³/mol. The largest absolute Gasteiger partial charge is 0.358 e. The minimum atomic E-state index is -0.0959. The first-order valence-electron chi connectivity index (χ1n) is 4.62. The van der Waals surface area contributed by atoms with Crippen LogP contribution in [0.2, 0.25) is 0 Å². The number of nitrogens with one attached hydrogen (secondary N) is 1. The van der Waals surface area contributed by atoms with Crippen LogP contribution >= 0.6 is 0 Å². The molecule has 1 aliphatic rings. The molecule has 1 fully saturated rings. The van der Waals surface area contributed by atoms with E-state index >= 15 is 0 Å². The Kier molecular flexibility index (Phi) is 2.10. The van der Waals surface area contributed by atoms with Gasteiger partial charge in [0.25, 0.3) is 0 Å². The van der Waals surface area contributed by atoms with Gasteiger partial charge in [-0.1, -0.05) is 30.3 Å². The quantitative estimate of drug-likeness (QED) is 0.709. The zero-order chi connectivity index (χ0) is 9.31. The lowest BCUT2D eigenvalue weighted by Gasteiger charge is -2.25. The first-order chi connectivity index (χ1) is 6.20. The fourth-order valence-electron chi connectivity index (χ4n) is 1.80. The van der Waals surface area contributed by atoms with Crippen molar-refractivity contribution in [2.75, 3.05) is 6.73 Å². The highest BCUT2D eigenvalue weighted by Gasteiger charge is 2.36. The fourth-order valence-corrected chi connectivity index (χ4v) is 1.80. The van der Waals surface area contributed by atoms with E-state index in [1.807, 2.05) is 6.07 Å². The smallest absolute Gasteiger partial charge is 0.0979 e. The molecule has 1 heterocycles. The van der Waals surface area contributed by atoms with E-state index in [2.05, 4.69) is 43.4 Å². The molecule has 0 aromatic heterocycles. The molecule has 0 bridgehead atoms. The molecular formula is C11H15NO.